The zero-order chi connectivity index (χ0) is 25.1. The van der Waals surface area contributed by atoms with Crippen molar-refractivity contribution < 1.29 is 19.2 Å². The number of hydrogen-bond donors (Lipinski definition) is 6. The van der Waals surface area contributed by atoms with E-state index in [4.69, 9.17) is 46.4 Å². The average molecular weight is 550 g/mol. The van der Waals surface area contributed by atoms with Crippen molar-refractivity contribution in [3.05, 3.63) is 56.5 Å². The number of urea groups is 2. The van der Waals surface area contributed by atoms with Gasteiger partial charge in [0.2, 0.25) is 11.8 Å². The lowest BCUT2D eigenvalue weighted by Gasteiger charge is -2.10. The molecule has 0 aromatic heterocycles. The Kier molecular flexibility index (Phi) is 11.0. The number of anilines is 2. The minimum Gasteiger partial charge on any atom is -0.307 e. The zero-order valence-electron chi connectivity index (χ0n) is 17.4. The van der Waals surface area contributed by atoms with E-state index < -0.39 is 23.9 Å². The van der Waals surface area contributed by atoms with E-state index in [-0.39, 0.29) is 22.9 Å². The van der Waals surface area contributed by atoms with Gasteiger partial charge in [0.05, 0.1) is 20.1 Å². The Morgan fingerprint density at radius 3 is 1.29 bits per heavy atom. The molecule has 2 aromatic rings. The number of amides is 6. The highest BCUT2D eigenvalue weighted by Crippen LogP contribution is 2.25. The van der Waals surface area contributed by atoms with Gasteiger partial charge in [-0.3, -0.25) is 20.4 Å². The van der Waals surface area contributed by atoms with Gasteiger partial charge in [0.1, 0.15) is 0 Å². The first-order valence-corrected chi connectivity index (χ1v) is 11.3. The summed E-state index contributed by atoms with van der Waals surface area (Å²) in [7, 11) is 0. The first-order chi connectivity index (χ1) is 16.1. The van der Waals surface area contributed by atoms with Crippen LogP contribution in [-0.2, 0) is 9.59 Å². The minimum atomic E-state index is -0.670. The van der Waals surface area contributed by atoms with E-state index in [1.54, 1.807) is 12.1 Å². The van der Waals surface area contributed by atoms with E-state index in [1.165, 1.54) is 24.3 Å². The van der Waals surface area contributed by atoms with Crippen LogP contribution in [0.15, 0.2) is 36.4 Å². The van der Waals surface area contributed by atoms with E-state index in [0.29, 0.717) is 34.3 Å². The highest BCUT2D eigenvalue weighted by atomic mass is 35.5. The van der Waals surface area contributed by atoms with E-state index in [9.17, 15) is 19.2 Å². The first kappa shape index (κ1) is 27.3. The number of unbranched alkanes of at least 4 members (excludes halogenated alkanes) is 1. The molecular formula is C20H20Cl4N6O4. The predicted molar refractivity (Wildman–Crippen MR) is 132 cm³/mol. The topological polar surface area (TPSA) is 140 Å². The summed E-state index contributed by atoms with van der Waals surface area (Å²) in [6.07, 6.45) is 0.910. The third-order valence-electron chi connectivity index (χ3n) is 4.04. The Labute approximate surface area is 215 Å². The average Bonchev–Trinajstić information content (AvgIpc) is 2.79. The number of carbonyl (C=O) groups excluding carboxylic acids is 4. The smallest absolute Gasteiger partial charge is 0.307 e. The number of halogens is 4. The van der Waals surface area contributed by atoms with Crippen LogP contribution in [0.4, 0.5) is 21.0 Å². The Bertz CT molecular complexity index is 986. The van der Waals surface area contributed by atoms with E-state index in [0.717, 1.165) is 0 Å². The summed E-state index contributed by atoms with van der Waals surface area (Å²) in [6, 6.07) is 7.72. The summed E-state index contributed by atoms with van der Waals surface area (Å²) in [4.78, 5) is 47.2. The van der Waals surface area contributed by atoms with Crippen molar-refractivity contribution >= 4 is 81.7 Å². The normalized spacial score (nSPS) is 10.1. The number of benzene rings is 2. The van der Waals surface area contributed by atoms with Gasteiger partial charge in [-0.05, 0) is 49.2 Å². The second kappa shape index (κ2) is 13.7. The van der Waals surface area contributed by atoms with Crippen LogP contribution in [0, 0.1) is 0 Å². The molecule has 6 N–H and O–H groups in total. The van der Waals surface area contributed by atoms with Crippen molar-refractivity contribution in [1.82, 2.24) is 21.7 Å². The quantitative estimate of drug-likeness (QED) is 0.216. The summed E-state index contributed by atoms with van der Waals surface area (Å²) in [5.41, 5.74) is 9.68. The van der Waals surface area contributed by atoms with E-state index in [1.807, 2.05) is 0 Å². The molecule has 0 radical (unpaired) electrons. The summed E-state index contributed by atoms with van der Waals surface area (Å²) in [5.74, 6) is -0.882. The van der Waals surface area contributed by atoms with Gasteiger partial charge in [-0.25, -0.2) is 20.4 Å². The number of hydrogen-bond acceptors (Lipinski definition) is 4. The number of nitrogens with one attached hydrogen (secondary N) is 6. The van der Waals surface area contributed by atoms with Crippen LogP contribution < -0.4 is 32.3 Å². The first-order valence-electron chi connectivity index (χ1n) is 9.76. The van der Waals surface area contributed by atoms with Crippen LogP contribution in [0.3, 0.4) is 0 Å². The lowest BCUT2D eigenvalue weighted by atomic mass is 10.2. The van der Waals surface area contributed by atoms with Crippen LogP contribution in [0.2, 0.25) is 20.1 Å². The summed E-state index contributed by atoms with van der Waals surface area (Å²) in [5, 5.41) is 6.19. The van der Waals surface area contributed by atoms with Gasteiger partial charge >= 0.3 is 12.1 Å². The fourth-order valence-corrected chi connectivity index (χ4v) is 3.02. The maximum absolute atomic E-state index is 11.8. The minimum absolute atomic E-state index is 0.0750. The molecule has 6 amide bonds. The predicted octanol–water partition coefficient (Wildman–Crippen LogP) is 4.87. The Hall–Kier alpha value is -2.92. The van der Waals surface area contributed by atoms with Crippen LogP contribution in [-0.4, -0.2) is 23.9 Å². The molecule has 0 spiro atoms. The Morgan fingerprint density at radius 2 is 0.941 bits per heavy atom. The molecule has 0 heterocycles. The molecule has 182 valence electrons. The molecule has 0 bridgehead atoms. The highest BCUT2D eigenvalue weighted by molar-refractivity contribution is 6.42. The molecule has 2 rings (SSSR count). The van der Waals surface area contributed by atoms with Crippen LogP contribution >= 0.6 is 46.4 Å². The number of rotatable bonds is 7. The number of carbonyl (C=O) groups is 4. The third kappa shape index (κ3) is 9.92. The third-order valence-corrected chi connectivity index (χ3v) is 5.52. The fraction of sp³-hybridized carbons (Fsp3) is 0.200. The van der Waals surface area contributed by atoms with E-state index >= 15 is 0 Å². The summed E-state index contributed by atoms with van der Waals surface area (Å²) >= 11 is 23.3. The molecule has 34 heavy (non-hydrogen) atoms. The van der Waals surface area contributed by atoms with Crippen molar-refractivity contribution in [2.24, 2.45) is 0 Å². The van der Waals surface area contributed by atoms with Gasteiger partial charge in [-0.1, -0.05) is 46.4 Å². The molecule has 0 aliphatic heterocycles. The van der Waals surface area contributed by atoms with Crippen molar-refractivity contribution in [3.63, 3.8) is 0 Å². The molecule has 0 aliphatic rings. The molecule has 2 aromatic carbocycles. The number of hydrazine groups is 2. The second-order valence-electron chi connectivity index (χ2n) is 6.72. The van der Waals surface area contributed by atoms with Crippen molar-refractivity contribution in [2.45, 2.75) is 25.7 Å². The van der Waals surface area contributed by atoms with E-state index in [2.05, 4.69) is 32.3 Å². The zero-order valence-corrected chi connectivity index (χ0v) is 20.5. The highest BCUT2D eigenvalue weighted by Gasteiger charge is 2.09. The van der Waals surface area contributed by atoms with Crippen molar-refractivity contribution in [2.75, 3.05) is 10.6 Å². The Balaban J connectivity index is 1.56. The molecule has 0 fully saturated rings. The van der Waals surface area contributed by atoms with Gasteiger partial charge in [0, 0.05) is 24.2 Å². The monoisotopic (exact) mass is 548 g/mol. The molecule has 0 unspecified atom stereocenters. The molecule has 0 atom stereocenters. The van der Waals surface area contributed by atoms with Gasteiger partial charge < -0.3 is 10.6 Å². The van der Waals surface area contributed by atoms with Gasteiger partial charge in [-0.15, -0.1) is 0 Å². The second-order valence-corrected chi connectivity index (χ2v) is 8.35. The molecule has 0 saturated carbocycles. The lowest BCUT2D eigenvalue weighted by molar-refractivity contribution is -0.123. The molecular weight excluding hydrogens is 530 g/mol. The lowest BCUT2D eigenvalue weighted by Crippen LogP contribution is -2.44. The maximum Gasteiger partial charge on any atom is 0.337 e. The molecule has 0 saturated heterocycles. The molecule has 0 aliphatic carbocycles. The van der Waals surface area contributed by atoms with Crippen LogP contribution in [0.1, 0.15) is 25.7 Å². The summed E-state index contributed by atoms with van der Waals surface area (Å²) in [6.45, 7) is 0. The Morgan fingerprint density at radius 1 is 0.559 bits per heavy atom. The molecule has 10 nitrogen and oxygen atoms in total. The molecule has 14 heteroatoms. The van der Waals surface area contributed by atoms with Crippen LogP contribution in [0.25, 0.3) is 0 Å². The summed E-state index contributed by atoms with van der Waals surface area (Å²) < 4.78 is 0. The standard InChI is InChI=1S/C20H20Cl4N6O4/c21-13-7-5-11(9-15(13)23)25-19(33)29-27-17(31)3-1-2-4-18(32)28-30-20(34)26-12-6-8-14(22)16(24)10-12/h5-10H,1-4H2,(H,27,31)(H,28,32)(H2,25,29,33)(H2,26,30,34). The van der Waals surface area contributed by atoms with Crippen LogP contribution in [0.5, 0.6) is 0 Å². The van der Waals surface area contributed by atoms with Crippen molar-refractivity contribution in [1.29, 1.82) is 0 Å². The van der Waals surface area contributed by atoms with Gasteiger partial charge in [-0.2, -0.15) is 0 Å². The SMILES string of the molecule is O=C(CCCCC(=O)NNC(=O)Nc1ccc(Cl)c(Cl)c1)NNC(=O)Nc1ccc(Cl)c(Cl)c1. The fourth-order valence-electron chi connectivity index (χ4n) is 2.42. The maximum atomic E-state index is 11.8. The van der Waals surface area contributed by atoms with Gasteiger partial charge in [0.25, 0.3) is 0 Å². The van der Waals surface area contributed by atoms with Gasteiger partial charge in [0.15, 0.2) is 0 Å². The van der Waals surface area contributed by atoms with Crippen molar-refractivity contribution in [3.8, 4) is 0 Å². The largest absolute Gasteiger partial charge is 0.337 e.